The SMILES string of the molecule is COc1c(O)c(Cl)c(C)c2c(=O)c3c(O)c(Cl)c(O)c(Cl)c3oc12. The molecule has 0 atom stereocenters. The summed E-state index contributed by atoms with van der Waals surface area (Å²) in [6, 6.07) is 0. The highest BCUT2D eigenvalue weighted by atomic mass is 35.5. The number of halogens is 3. The predicted molar refractivity (Wildman–Crippen MR) is 91.3 cm³/mol. The molecule has 0 amide bonds. The Kier molecular flexibility index (Phi) is 3.86. The fraction of sp³-hybridized carbons (Fsp3) is 0.133. The van der Waals surface area contributed by atoms with Crippen LogP contribution in [-0.4, -0.2) is 22.4 Å². The highest BCUT2D eigenvalue weighted by Crippen LogP contribution is 2.48. The summed E-state index contributed by atoms with van der Waals surface area (Å²) in [5, 5.41) is 28.8. The first-order valence-corrected chi connectivity index (χ1v) is 7.60. The van der Waals surface area contributed by atoms with Crippen LogP contribution in [-0.2, 0) is 0 Å². The average molecular weight is 392 g/mol. The van der Waals surface area contributed by atoms with E-state index in [-0.39, 0.29) is 43.3 Å². The average Bonchev–Trinajstić information content (AvgIpc) is 2.56. The van der Waals surface area contributed by atoms with E-state index in [0.717, 1.165) is 0 Å². The first-order chi connectivity index (χ1) is 11.2. The molecule has 1 heterocycles. The van der Waals surface area contributed by atoms with Crippen LogP contribution in [0.15, 0.2) is 9.21 Å². The molecule has 0 radical (unpaired) electrons. The number of fused-ring (bicyclic) bond motifs is 2. The van der Waals surface area contributed by atoms with Gasteiger partial charge in [-0.3, -0.25) is 4.79 Å². The molecule has 3 aromatic rings. The highest BCUT2D eigenvalue weighted by molar-refractivity contribution is 6.42. The van der Waals surface area contributed by atoms with Crippen LogP contribution in [0.5, 0.6) is 23.0 Å². The molecular weight excluding hydrogens is 383 g/mol. The zero-order valence-corrected chi connectivity index (χ0v) is 14.5. The molecule has 0 saturated heterocycles. The number of rotatable bonds is 1. The second-order valence-electron chi connectivity index (χ2n) is 4.99. The van der Waals surface area contributed by atoms with Crippen molar-refractivity contribution in [1.82, 2.24) is 0 Å². The van der Waals surface area contributed by atoms with Crippen LogP contribution in [0.4, 0.5) is 0 Å². The molecular formula is C15H9Cl3O6. The second kappa shape index (κ2) is 5.51. The van der Waals surface area contributed by atoms with E-state index in [4.69, 9.17) is 44.0 Å². The van der Waals surface area contributed by atoms with Crippen LogP contribution >= 0.6 is 34.8 Å². The van der Waals surface area contributed by atoms with Gasteiger partial charge in [0.1, 0.15) is 15.4 Å². The van der Waals surface area contributed by atoms with Gasteiger partial charge in [0.05, 0.1) is 17.5 Å². The largest absolute Gasteiger partial charge is 0.505 e. The van der Waals surface area contributed by atoms with E-state index in [1.165, 1.54) is 14.0 Å². The van der Waals surface area contributed by atoms with Crippen molar-refractivity contribution in [1.29, 1.82) is 0 Å². The Morgan fingerprint density at radius 1 is 0.875 bits per heavy atom. The summed E-state index contributed by atoms with van der Waals surface area (Å²) in [5.74, 6) is -1.90. The number of phenols is 3. The standard InChI is InChI=1S/C15H9Cl3O6/c1-3-4-9(19)5-10(20)7(17)11(21)8(18)13(5)24-14(4)15(23-2)12(22)6(3)16/h20-22H,1-2H3. The van der Waals surface area contributed by atoms with Gasteiger partial charge in [0.2, 0.25) is 11.2 Å². The maximum Gasteiger partial charge on any atom is 0.206 e. The molecule has 2 aromatic carbocycles. The lowest BCUT2D eigenvalue weighted by atomic mass is 10.1. The van der Waals surface area contributed by atoms with Crippen molar-refractivity contribution in [2.45, 2.75) is 6.92 Å². The second-order valence-corrected chi connectivity index (χ2v) is 6.12. The van der Waals surface area contributed by atoms with Gasteiger partial charge in [-0.15, -0.1) is 0 Å². The highest BCUT2D eigenvalue weighted by Gasteiger charge is 2.27. The van der Waals surface area contributed by atoms with Crippen LogP contribution < -0.4 is 10.2 Å². The maximum atomic E-state index is 12.9. The van der Waals surface area contributed by atoms with Crippen molar-refractivity contribution in [3.05, 3.63) is 30.9 Å². The molecule has 126 valence electrons. The van der Waals surface area contributed by atoms with Crippen LogP contribution in [0.25, 0.3) is 21.9 Å². The number of methoxy groups -OCH3 is 1. The minimum Gasteiger partial charge on any atom is -0.505 e. The molecule has 0 aliphatic carbocycles. The monoisotopic (exact) mass is 390 g/mol. The summed E-state index contributed by atoms with van der Waals surface area (Å²) in [7, 11) is 1.25. The van der Waals surface area contributed by atoms with Crippen molar-refractivity contribution in [3.63, 3.8) is 0 Å². The minimum absolute atomic E-state index is 0.0183. The number of hydrogen-bond acceptors (Lipinski definition) is 6. The number of ether oxygens (including phenoxy) is 1. The van der Waals surface area contributed by atoms with Crippen molar-refractivity contribution in [2.24, 2.45) is 0 Å². The maximum absolute atomic E-state index is 12.9. The first kappa shape index (κ1) is 16.8. The third kappa shape index (κ3) is 2.00. The first-order valence-electron chi connectivity index (χ1n) is 6.46. The summed E-state index contributed by atoms with van der Waals surface area (Å²) in [4.78, 5) is 12.9. The van der Waals surface area contributed by atoms with E-state index in [0.29, 0.717) is 0 Å². The van der Waals surface area contributed by atoms with Gasteiger partial charge in [-0.2, -0.15) is 0 Å². The Morgan fingerprint density at radius 2 is 1.50 bits per heavy atom. The number of phenolic OH excluding ortho intramolecular Hbond substituents is 3. The van der Waals surface area contributed by atoms with Crippen molar-refractivity contribution in [3.8, 4) is 23.0 Å². The molecule has 24 heavy (non-hydrogen) atoms. The number of hydrogen-bond donors (Lipinski definition) is 3. The van der Waals surface area contributed by atoms with E-state index in [1.807, 2.05) is 0 Å². The van der Waals surface area contributed by atoms with E-state index in [9.17, 15) is 20.1 Å². The molecule has 0 saturated carbocycles. The predicted octanol–water partition coefficient (Wildman–Crippen LogP) is 4.34. The van der Waals surface area contributed by atoms with Gasteiger partial charge in [0.15, 0.2) is 28.4 Å². The molecule has 0 aliphatic rings. The van der Waals surface area contributed by atoms with Crippen molar-refractivity contribution < 1.29 is 24.5 Å². The number of benzene rings is 2. The van der Waals surface area contributed by atoms with Gasteiger partial charge in [0.25, 0.3) is 0 Å². The van der Waals surface area contributed by atoms with Gasteiger partial charge in [-0.25, -0.2) is 0 Å². The third-order valence-electron chi connectivity index (χ3n) is 3.71. The summed E-state index contributed by atoms with van der Waals surface area (Å²) < 4.78 is 10.6. The number of aromatic hydroxyl groups is 3. The van der Waals surface area contributed by atoms with Gasteiger partial charge in [0, 0.05) is 0 Å². The van der Waals surface area contributed by atoms with Gasteiger partial charge >= 0.3 is 0 Å². The molecule has 3 N–H and O–H groups in total. The van der Waals surface area contributed by atoms with Crippen LogP contribution in [0.2, 0.25) is 15.1 Å². The topological polar surface area (TPSA) is 100 Å². The van der Waals surface area contributed by atoms with Crippen LogP contribution in [0.1, 0.15) is 5.56 Å². The van der Waals surface area contributed by atoms with Gasteiger partial charge in [-0.05, 0) is 12.5 Å². The Labute approximate surface area is 149 Å². The van der Waals surface area contributed by atoms with Crippen molar-refractivity contribution in [2.75, 3.05) is 7.11 Å². The molecule has 0 aliphatic heterocycles. The lowest BCUT2D eigenvalue weighted by molar-refractivity contribution is 0.371. The summed E-state index contributed by atoms with van der Waals surface area (Å²) in [5.41, 5.74) is -0.893. The van der Waals surface area contributed by atoms with Crippen molar-refractivity contribution >= 4 is 56.7 Å². The molecule has 0 bridgehead atoms. The van der Waals surface area contributed by atoms with E-state index in [2.05, 4.69) is 0 Å². The van der Waals surface area contributed by atoms with Crippen LogP contribution in [0, 0.1) is 6.92 Å². The normalized spacial score (nSPS) is 11.4. The Bertz CT molecular complexity index is 1090. The fourth-order valence-electron chi connectivity index (χ4n) is 2.52. The molecule has 0 fully saturated rings. The van der Waals surface area contributed by atoms with E-state index in [1.54, 1.807) is 0 Å². The zero-order valence-electron chi connectivity index (χ0n) is 12.2. The van der Waals surface area contributed by atoms with Crippen LogP contribution in [0.3, 0.4) is 0 Å². The third-order valence-corrected chi connectivity index (χ3v) is 4.88. The molecule has 3 rings (SSSR count). The smallest absolute Gasteiger partial charge is 0.206 e. The zero-order chi connectivity index (χ0) is 17.9. The number of aryl methyl sites for hydroxylation is 1. The lowest BCUT2D eigenvalue weighted by Gasteiger charge is -2.14. The fourth-order valence-corrected chi connectivity index (χ4v) is 3.16. The minimum atomic E-state index is -0.690. The Hall–Kier alpha value is -2.02. The lowest BCUT2D eigenvalue weighted by Crippen LogP contribution is -2.06. The molecule has 1 aromatic heterocycles. The summed E-state index contributed by atoms with van der Waals surface area (Å²) >= 11 is 17.8. The van der Waals surface area contributed by atoms with E-state index < -0.39 is 27.7 Å². The molecule has 0 unspecified atom stereocenters. The summed E-state index contributed by atoms with van der Waals surface area (Å²) in [6.07, 6.45) is 0. The van der Waals surface area contributed by atoms with Gasteiger partial charge in [-0.1, -0.05) is 34.8 Å². The van der Waals surface area contributed by atoms with Gasteiger partial charge < -0.3 is 24.5 Å². The molecule has 6 nitrogen and oxygen atoms in total. The molecule has 0 spiro atoms. The Morgan fingerprint density at radius 3 is 2.08 bits per heavy atom. The Balaban J connectivity index is 2.76. The van der Waals surface area contributed by atoms with E-state index >= 15 is 0 Å². The summed E-state index contributed by atoms with van der Waals surface area (Å²) in [6.45, 7) is 1.49. The molecule has 9 heteroatoms. The quantitative estimate of drug-likeness (QED) is 0.534.